The van der Waals surface area contributed by atoms with Gasteiger partial charge in [0.05, 0.1) is 23.6 Å². The fourth-order valence-corrected chi connectivity index (χ4v) is 4.95. The van der Waals surface area contributed by atoms with Gasteiger partial charge in [-0.2, -0.15) is 4.31 Å². The number of rotatable bonds is 5. The smallest absolute Gasteiger partial charge is 0.243 e. The Balaban J connectivity index is 1.72. The molecule has 1 heterocycles. The van der Waals surface area contributed by atoms with Crippen LogP contribution in [-0.4, -0.2) is 38.8 Å². The highest BCUT2D eigenvalue weighted by Crippen LogP contribution is 2.27. The first-order valence-corrected chi connectivity index (χ1v) is 10.9. The highest BCUT2D eigenvalue weighted by Gasteiger charge is 2.33. The summed E-state index contributed by atoms with van der Waals surface area (Å²) in [5, 5.41) is 2.56. The van der Waals surface area contributed by atoms with Crippen molar-refractivity contribution in [2.45, 2.75) is 17.7 Å². The number of piperidine rings is 1. The van der Waals surface area contributed by atoms with E-state index in [4.69, 9.17) is 4.74 Å². The molecule has 2 aromatic rings. The molecule has 1 atom stereocenters. The first-order chi connectivity index (χ1) is 13.3. The molecule has 0 aromatic heterocycles. The number of carbonyl (C=O) groups excluding carboxylic acids is 1. The molecule has 9 heteroatoms. The molecule has 1 aliphatic rings. The second-order valence-electron chi connectivity index (χ2n) is 6.49. The molecule has 1 amide bonds. The van der Waals surface area contributed by atoms with E-state index in [9.17, 15) is 17.6 Å². The van der Waals surface area contributed by atoms with Crippen molar-refractivity contribution in [3.05, 3.63) is 52.8 Å². The fourth-order valence-electron chi connectivity index (χ4n) is 3.10. The predicted octanol–water partition coefficient (Wildman–Crippen LogP) is 3.64. The monoisotopic (exact) mass is 470 g/mol. The van der Waals surface area contributed by atoms with Crippen molar-refractivity contribution >= 4 is 37.5 Å². The second-order valence-corrected chi connectivity index (χ2v) is 9.34. The van der Waals surface area contributed by atoms with Crippen LogP contribution in [0.25, 0.3) is 0 Å². The van der Waals surface area contributed by atoms with Crippen LogP contribution in [-0.2, 0) is 14.8 Å². The standard InChI is InChI=1S/C19H20BrFN2O4S/c1-27-15-5-7-16(8-6-15)28(25,26)23-10-2-3-13(12-23)19(24)22-18-9-4-14(20)11-17(18)21/h4-9,11,13H,2-3,10,12H2,1H3,(H,22,24)/t13-/m1/s1. The summed E-state index contributed by atoms with van der Waals surface area (Å²) in [4.78, 5) is 12.7. The Hall–Kier alpha value is -1.97. The Kier molecular flexibility index (Phi) is 6.36. The first kappa shape index (κ1) is 20.8. The molecule has 150 valence electrons. The number of hydrogen-bond acceptors (Lipinski definition) is 4. The SMILES string of the molecule is COc1ccc(S(=O)(=O)N2CCC[C@@H](C(=O)Nc3ccc(Br)cc3F)C2)cc1. The molecule has 1 N–H and O–H groups in total. The van der Waals surface area contributed by atoms with Crippen LogP contribution in [0.4, 0.5) is 10.1 Å². The molecule has 0 radical (unpaired) electrons. The lowest BCUT2D eigenvalue weighted by molar-refractivity contribution is -0.120. The van der Waals surface area contributed by atoms with Gasteiger partial charge in [-0.15, -0.1) is 0 Å². The molecule has 28 heavy (non-hydrogen) atoms. The van der Waals surface area contributed by atoms with E-state index in [1.807, 2.05) is 0 Å². The van der Waals surface area contributed by atoms with Gasteiger partial charge in [-0.05, 0) is 55.3 Å². The number of ether oxygens (including phenoxy) is 1. The number of hydrogen-bond donors (Lipinski definition) is 1. The molecule has 3 rings (SSSR count). The molecule has 2 aromatic carbocycles. The molecule has 0 unspecified atom stereocenters. The summed E-state index contributed by atoms with van der Waals surface area (Å²) in [6.45, 7) is 0.392. The summed E-state index contributed by atoms with van der Waals surface area (Å²) in [5.41, 5.74) is 0.0725. The molecule has 1 fully saturated rings. The van der Waals surface area contributed by atoms with Crippen molar-refractivity contribution in [2.75, 3.05) is 25.5 Å². The maximum Gasteiger partial charge on any atom is 0.243 e. The van der Waals surface area contributed by atoms with Gasteiger partial charge in [-0.3, -0.25) is 4.79 Å². The molecule has 1 saturated heterocycles. The first-order valence-electron chi connectivity index (χ1n) is 8.71. The van der Waals surface area contributed by atoms with Gasteiger partial charge >= 0.3 is 0 Å². The Bertz CT molecular complexity index is 966. The van der Waals surface area contributed by atoms with E-state index >= 15 is 0 Å². The van der Waals surface area contributed by atoms with Crippen molar-refractivity contribution < 1.29 is 22.3 Å². The summed E-state index contributed by atoms with van der Waals surface area (Å²) in [5.74, 6) is -0.937. The normalized spacial score (nSPS) is 17.9. The molecule has 0 aliphatic carbocycles. The largest absolute Gasteiger partial charge is 0.497 e. The molecule has 1 aliphatic heterocycles. The number of amides is 1. The summed E-state index contributed by atoms with van der Waals surface area (Å²) < 4.78 is 46.7. The number of halogens is 2. The topological polar surface area (TPSA) is 75.7 Å². The van der Waals surface area contributed by atoms with Gasteiger partial charge in [0.25, 0.3) is 0 Å². The van der Waals surface area contributed by atoms with E-state index in [1.165, 1.54) is 35.7 Å². The lowest BCUT2D eigenvalue weighted by Crippen LogP contribution is -2.43. The molecule has 0 spiro atoms. The zero-order chi connectivity index (χ0) is 20.3. The van der Waals surface area contributed by atoms with Crippen molar-refractivity contribution in [2.24, 2.45) is 5.92 Å². The molecule has 6 nitrogen and oxygen atoms in total. The Morgan fingerprint density at radius 3 is 2.61 bits per heavy atom. The number of anilines is 1. The van der Waals surface area contributed by atoms with Gasteiger partial charge in [0.15, 0.2) is 0 Å². The van der Waals surface area contributed by atoms with Crippen LogP contribution in [0.3, 0.4) is 0 Å². The maximum atomic E-state index is 14.0. The van der Waals surface area contributed by atoms with Crippen LogP contribution in [0.15, 0.2) is 51.8 Å². The lowest BCUT2D eigenvalue weighted by atomic mass is 9.98. The number of benzene rings is 2. The van der Waals surface area contributed by atoms with Crippen LogP contribution in [0.2, 0.25) is 0 Å². The molecular weight excluding hydrogens is 451 g/mol. The van der Waals surface area contributed by atoms with E-state index in [1.54, 1.807) is 18.2 Å². The van der Waals surface area contributed by atoms with Gasteiger partial charge in [0.2, 0.25) is 15.9 Å². The Labute approximate surface area is 171 Å². The minimum absolute atomic E-state index is 0.0539. The highest BCUT2D eigenvalue weighted by atomic mass is 79.9. The van der Waals surface area contributed by atoms with Crippen LogP contribution in [0.5, 0.6) is 5.75 Å². The van der Waals surface area contributed by atoms with Crippen LogP contribution in [0, 0.1) is 11.7 Å². The van der Waals surface area contributed by atoms with Gasteiger partial charge in [-0.1, -0.05) is 15.9 Å². The van der Waals surface area contributed by atoms with Crippen LogP contribution < -0.4 is 10.1 Å². The second kappa shape index (κ2) is 8.59. The average molecular weight is 471 g/mol. The van der Waals surface area contributed by atoms with Crippen molar-refractivity contribution in [1.82, 2.24) is 4.31 Å². The van der Waals surface area contributed by atoms with Crippen LogP contribution >= 0.6 is 15.9 Å². The van der Waals surface area contributed by atoms with Crippen molar-refractivity contribution in [3.8, 4) is 5.75 Å². The van der Waals surface area contributed by atoms with Gasteiger partial charge in [0, 0.05) is 17.6 Å². The number of methoxy groups -OCH3 is 1. The zero-order valence-electron chi connectivity index (χ0n) is 15.2. The predicted molar refractivity (Wildman–Crippen MR) is 107 cm³/mol. The Morgan fingerprint density at radius 2 is 1.96 bits per heavy atom. The van der Waals surface area contributed by atoms with E-state index < -0.39 is 27.7 Å². The fraction of sp³-hybridized carbons (Fsp3) is 0.316. The van der Waals surface area contributed by atoms with Gasteiger partial charge in [0.1, 0.15) is 11.6 Å². The maximum absolute atomic E-state index is 14.0. The third kappa shape index (κ3) is 4.53. The van der Waals surface area contributed by atoms with E-state index in [-0.39, 0.29) is 17.1 Å². The quantitative estimate of drug-likeness (QED) is 0.723. The zero-order valence-corrected chi connectivity index (χ0v) is 17.6. The number of nitrogens with one attached hydrogen (secondary N) is 1. The summed E-state index contributed by atoms with van der Waals surface area (Å²) >= 11 is 3.17. The molecule has 0 saturated carbocycles. The summed E-state index contributed by atoms with van der Waals surface area (Å²) in [6.07, 6.45) is 1.09. The number of nitrogens with zero attached hydrogens (tertiary/aromatic N) is 1. The Morgan fingerprint density at radius 1 is 1.25 bits per heavy atom. The van der Waals surface area contributed by atoms with E-state index in [2.05, 4.69) is 21.2 Å². The minimum atomic E-state index is -3.72. The third-order valence-corrected chi connectivity index (χ3v) is 7.01. The van der Waals surface area contributed by atoms with Crippen molar-refractivity contribution in [1.29, 1.82) is 0 Å². The number of sulfonamides is 1. The summed E-state index contributed by atoms with van der Waals surface area (Å²) in [7, 11) is -2.22. The summed E-state index contributed by atoms with van der Waals surface area (Å²) in [6, 6.07) is 10.5. The van der Waals surface area contributed by atoms with E-state index in [0.717, 1.165) is 0 Å². The number of carbonyl (C=O) groups is 1. The highest BCUT2D eigenvalue weighted by molar-refractivity contribution is 9.10. The van der Waals surface area contributed by atoms with Crippen LogP contribution in [0.1, 0.15) is 12.8 Å². The van der Waals surface area contributed by atoms with E-state index in [0.29, 0.717) is 29.6 Å². The van der Waals surface area contributed by atoms with Gasteiger partial charge in [-0.25, -0.2) is 12.8 Å². The molecule has 0 bridgehead atoms. The van der Waals surface area contributed by atoms with Gasteiger partial charge < -0.3 is 10.1 Å². The average Bonchev–Trinajstić information content (AvgIpc) is 2.70. The lowest BCUT2D eigenvalue weighted by Gasteiger charge is -2.31. The molecular formula is C19H20BrFN2O4S. The minimum Gasteiger partial charge on any atom is -0.497 e. The third-order valence-electron chi connectivity index (χ3n) is 4.64. The van der Waals surface area contributed by atoms with Crippen molar-refractivity contribution in [3.63, 3.8) is 0 Å².